The van der Waals surface area contributed by atoms with Crippen LogP contribution in [0.4, 0.5) is 0 Å². The number of benzene rings is 1. The number of hydrogen-bond donors (Lipinski definition) is 1. The van der Waals surface area contributed by atoms with Crippen LogP contribution in [0.15, 0.2) is 21.5 Å². The number of nitrogens with two attached hydrogens (primary N) is 1. The molecule has 1 aromatic carbocycles. The first kappa shape index (κ1) is 17.4. The highest BCUT2D eigenvalue weighted by atomic mass is 79.9. The average molecular weight is 432 g/mol. The summed E-state index contributed by atoms with van der Waals surface area (Å²) in [7, 11) is -3.77. The lowest BCUT2D eigenvalue weighted by Gasteiger charge is -2.31. The smallest absolute Gasteiger partial charge is 0.246 e. The Hall–Kier alpha value is 0.0800. The number of sulfonamides is 1. The quantitative estimate of drug-likeness (QED) is 0.744. The summed E-state index contributed by atoms with van der Waals surface area (Å²) >= 11 is 20.3. The highest BCUT2D eigenvalue weighted by Crippen LogP contribution is 2.36. The van der Waals surface area contributed by atoms with Crippen LogP contribution in [0, 0.1) is 5.92 Å². The molecule has 0 aliphatic carbocycles. The summed E-state index contributed by atoms with van der Waals surface area (Å²) in [6, 6.07) is 3.02. The highest BCUT2D eigenvalue weighted by Gasteiger charge is 2.34. The first-order chi connectivity index (χ1) is 9.73. The van der Waals surface area contributed by atoms with Crippen LogP contribution >= 0.6 is 51.3 Å². The van der Waals surface area contributed by atoms with Crippen molar-refractivity contribution in [1.29, 1.82) is 0 Å². The van der Waals surface area contributed by atoms with Crippen LogP contribution in [0.2, 0.25) is 10.0 Å². The fourth-order valence-corrected chi connectivity index (χ4v) is 5.90. The molecule has 0 saturated carbocycles. The minimum Gasteiger partial charge on any atom is -0.393 e. The van der Waals surface area contributed by atoms with E-state index in [9.17, 15) is 8.42 Å². The summed E-state index contributed by atoms with van der Waals surface area (Å²) in [6.07, 6.45) is 1.50. The molecule has 1 heterocycles. The predicted molar refractivity (Wildman–Crippen MR) is 92.4 cm³/mol. The molecule has 1 aromatic rings. The Kier molecular flexibility index (Phi) is 5.55. The molecule has 0 spiro atoms. The third kappa shape index (κ3) is 3.71. The van der Waals surface area contributed by atoms with Gasteiger partial charge in [-0.25, -0.2) is 8.42 Å². The van der Waals surface area contributed by atoms with Gasteiger partial charge in [-0.3, -0.25) is 0 Å². The normalized spacial score (nSPS) is 20.4. The van der Waals surface area contributed by atoms with Crippen molar-refractivity contribution in [3.63, 3.8) is 0 Å². The molecule has 0 aromatic heterocycles. The number of piperidine rings is 1. The number of rotatable bonds is 3. The topological polar surface area (TPSA) is 63.4 Å². The monoisotopic (exact) mass is 430 g/mol. The Labute approximate surface area is 147 Å². The van der Waals surface area contributed by atoms with Gasteiger partial charge in [0.25, 0.3) is 0 Å². The molecule has 1 fully saturated rings. The zero-order chi connectivity index (χ0) is 15.8. The molecule has 1 atom stereocenters. The summed E-state index contributed by atoms with van der Waals surface area (Å²) in [5.74, 6) is -0.114. The van der Waals surface area contributed by atoms with Crippen LogP contribution in [0.5, 0.6) is 0 Å². The van der Waals surface area contributed by atoms with Gasteiger partial charge in [0, 0.05) is 23.5 Å². The van der Waals surface area contributed by atoms with Crippen LogP contribution in [-0.2, 0) is 10.0 Å². The minimum atomic E-state index is -3.77. The Morgan fingerprint density at radius 2 is 1.95 bits per heavy atom. The van der Waals surface area contributed by atoms with Gasteiger partial charge in [0.2, 0.25) is 10.0 Å². The molecule has 4 nitrogen and oxygen atoms in total. The molecule has 1 aliphatic rings. The summed E-state index contributed by atoms with van der Waals surface area (Å²) in [4.78, 5) is 0.264. The van der Waals surface area contributed by atoms with Crippen LogP contribution in [0.1, 0.15) is 12.8 Å². The lowest BCUT2D eigenvalue weighted by molar-refractivity contribution is 0.312. The van der Waals surface area contributed by atoms with Crippen molar-refractivity contribution in [2.45, 2.75) is 17.7 Å². The van der Waals surface area contributed by atoms with Gasteiger partial charge in [0.15, 0.2) is 0 Å². The van der Waals surface area contributed by atoms with Gasteiger partial charge in [-0.1, -0.05) is 51.3 Å². The molecule has 0 amide bonds. The van der Waals surface area contributed by atoms with Gasteiger partial charge in [-0.05, 0) is 25.0 Å². The summed E-state index contributed by atoms with van der Waals surface area (Å²) < 4.78 is 27.5. The number of nitrogens with zero attached hydrogens (tertiary/aromatic N) is 1. The first-order valence-corrected chi connectivity index (χ1v) is 9.57. The average Bonchev–Trinajstić information content (AvgIpc) is 2.37. The van der Waals surface area contributed by atoms with Crippen LogP contribution in [0.3, 0.4) is 0 Å². The van der Waals surface area contributed by atoms with Crippen molar-refractivity contribution >= 4 is 66.4 Å². The molecule has 1 unspecified atom stereocenters. The molecule has 2 rings (SSSR count). The van der Waals surface area contributed by atoms with E-state index < -0.39 is 10.0 Å². The fraction of sp³-hybridized carbons (Fsp3) is 0.417. The maximum Gasteiger partial charge on any atom is 0.246 e. The standard InChI is InChI=1S/C12H13BrCl2N2O2S2/c13-8-4-9(14)11(10(15)5-8)21(18,19)17-3-1-2-7(6-17)12(16)20/h4-5,7H,1-3,6H2,(H2,16,20). The number of thiocarbonyl (C=S) groups is 1. The van der Waals surface area contributed by atoms with E-state index >= 15 is 0 Å². The molecule has 2 N–H and O–H groups in total. The van der Waals surface area contributed by atoms with Crippen molar-refractivity contribution in [3.8, 4) is 0 Å². The second-order valence-electron chi connectivity index (χ2n) is 4.80. The molecule has 1 saturated heterocycles. The molecular weight excluding hydrogens is 419 g/mol. The van der Waals surface area contributed by atoms with Crippen LogP contribution in [0.25, 0.3) is 0 Å². The SMILES string of the molecule is NC(=S)C1CCCN(S(=O)(=O)c2c(Cl)cc(Br)cc2Cl)C1. The first-order valence-electron chi connectivity index (χ1n) is 6.17. The minimum absolute atomic E-state index is 0.0716. The molecule has 116 valence electrons. The Balaban J connectivity index is 2.41. The number of hydrogen-bond acceptors (Lipinski definition) is 3. The maximum absolute atomic E-state index is 12.8. The third-order valence-electron chi connectivity index (χ3n) is 3.35. The van der Waals surface area contributed by atoms with Gasteiger partial charge in [-0.15, -0.1) is 0 Å². The summed E-state index contributed by atoms with van der Waals surface area (Å²) in [5.41, 5.74) is 5.64. The zero-order valence-electron chi connectivity index (χ0n) is 10.9. The summed E-state index contributed by atoms with van der Waals surface area (Å²) in [6.45, 7) is 0.671. The van der Waals surface area contributed by atoms with Gasteiger partial charge in [-0.2, -0.15) is 4.31 Å². The summed E-state index contributed by atoms with van der Waals surface area (Å²) in [5, 5.41) is 0.179. The van der Waals surface area contributed by atoms with Gasteiger partial charge in [0.1, 0.15) is 4.90 Å². The van der Waals surface area contributed by atoms with Crippen molar-refractivity contribution < 1.29 is 8.42 Å². The number of halogens is 3. The zero-order valence-corrected chi connectivity index (χ0v) is 15.6. The van der Waals surface area contributed by atoms with Gasteiger partial charge in [0.05, 0.1) is 15.0 Å². The van der Waals surface area contributed by atoms with Crippen molar-refractivity contribution in [2.24, 2.45) is 11.7 Å². The van der Waals surface area contributed by atoms with E-state index in [0.29, 0.717) is 22.4 Å². The second kappa shape index (κ2) is 6.68. The Morgan fingerprint density at radius 1 is 1.38 bits per heavy atom. The largest absolute Gasteiger partial charge is 0.393 e. The van der Waals surface area contributed by atoms with Crippen molar-refractivity contribution in [3.05, 3.63) is 26.7 Å². The second-order valence-corrected chi connectivity index (χ2v) is 8.88. The van der Waals surface area contributed by atoms with Crippen molar-refractivity contribution in [2.75, 3.05) is 13.1 Å². The van der Waals surface area contributed by atoms with E-state index in [1.54, 1.807) is 0 Å². The van der Waals surface area contributed by atoms with E-state index in [2.05, 4.69) is 15.9 Å². The molecule has 1 aliphatic heterocycles. The predicted octanol–water partition coefficient (Wildman–Crippen LogP) is 3.44. The van der Waals surface area contributed by atoms with E-state index in [1.165, 1.54) is 16.4 Å². The van der Waals surface area contributed by atoms with E-state index in [1.807, 2.05) is 0 Å². The molecule has 0 bridgehead atoms. The van der Waals surface area contributed by atoms with E-state index in [-0.39, 0.29) is 27.4 Å². The van der Waals surface area contributed by atoms with E-state index in [0.717, 1.165) is 6.42 Å². The van der Waals surface area contributed by atoms with Gasteiger partial charge >= 0.3 is 0 Å². The Bertz CT molecular complexity index is 659. The van der Waals surface area contributed by atoms with Crippen LogP contribution in [-0.4, -0.2) is 30.8 Å². The molecule has 0 radical (unpaired) electrons. The third-order valence-corrected chi connectivity index (χ3v) is 6.93. The van der Waals surface area contributed by atoms with Crippen molar-refractivity contribution in [1.82, 2.24) is 4.31 Å². The van der Waals surface area contributed by atoms with E-state index in [4.69, 9.17) is 41.2 Å². The maximum atomic E-state index is 12.8. The molecular formula is C12H13BrCl2N2O2S2. The lowest BCUT2D eigenvalue weighted by Crippen LogP contribution is -2.43. The lowest BCUT2D eigenvalue weighted by atomic mass is 10.0. The molecule has 9 heteroatoms. The Morgan fingerprint density at radius 3 is 2.48 bits per heavy atom. The fourth-order valence-electron chi connectivity index (χ4n) is 2.30. The molecule has 21 heavy (non-hydrogen) atoms. The van der Waals surface area contributed by atoms with Gasteiger partial charge < -0.3 is 5.73 Å². The van der Waals surface area contributed by atoms with Crippen LogP contribution < -0.4 is 5.73 Å². The highest BCUT2D eigenvalue weighted by molar-refractivity contribution is 9.10.